The molecular formula is C36H33IP2Pd+2. The van der Waals surface area contributed by atoms with Crippen molar-refractivity contribution in [2.45, 2.75) is 0 Å². The minimum atomic E-state index is -0.877. The van der Waals surface area contributed by atoms with E-state index in [2.05, 4.69) is 198 Å². The third-order valence-corrected chi connectivity index (χ3v) is 11.8. The molecule has 0 radical (unpaired) electrons. The topological polar surface area (TPSA) is 0 Å². The fourth-order valence-corrected chi connectivity index (χ4v) is 9.78. The van der Waals surface area contributed by atoms with Crippen molar-refractivity contribution in [3.05, 3.63) is 182 Å². The summed E-state index contributed by atoms with van der Waals surface area (Å²) < 4.78 is 0. The van der Waals surface area contributed by atoms with Gasteiger partial charge >= 0.3 is 35.1 Å². The van der Waals surface area contributed by atoms with Crippen molar-refractivity contribution < 1.29 is 15.6 Å². The summed E-state index contributed by atoms with van der Waals surface area (Å²) in [7, 11) is -1.75. The summed E-state index contributed by atoms with van der Waals surface area (Å²) in [5, 5.41) is 8.61. The van der Waals surface area contributed by atoms with Crippen molar-refractivity contribution in [1.29, 1.82) is 0 Å². The molecular weight excluding hydrogens is 728 g/mol. The third-order valence-electron chi connectivity index (χ3n) is 6.37. The van der Waals surface area contributed by atoms with Gasteiger partial charge in [-0.1, -0.05) is 109 Å². The molecule has 0 unspecified atom stereocenters. The number of rotatable bonds is 6. The van der Waals surface area contributed by atoms with E-state index in [0.29, 0.717) is 0 Å². The number of benzene rings is 6. The first-order chi connectivity index (χ1) is 19.9. The van der Waals surface area contributed by atoms with E-state index in [1.54, 1.807) is 0 Å². The van der Waals surface area contributed by atoms with Gasteiger partial charge in [-0.3, -0.25) is 0 Å². The van der Waals surface area contributed by atoms with Crippen LogP contribution >= 0.6 is 35.4 Å². The van der Waals surface area contributed by atoms with E-state index in [1.165, 1.54) is 31.8 Å². The molecule has 0 aliphatic heterocycles. The van der Waals surface area contributed by atoms with Crippen molar-refractivity contribution in [3.63, 3.8) is 0 Å². The number of halogens is 1. The molecule has 0 nitrogen and oxygen atoms in total. The van der Waals surface area contributed by atoms with Gasteiger partial charge in [-0.25, -0.2) is 0 Å². The number of hydrogen-bond acceptors (Lipinski definition) is 0. The SMILES string of the molecule is [PdH][I].c1ccc([PH+](c2ccccc2)c2ccccc2)cc1.c1ccc([PH+](c2ccccc2)c2ccccc2)cc1. The smallest absolute Gasteiger partial charge is 0.0620 e. The van der Waals surface area contributed by atoms with E-state index in [4.69, 9.17) is 0 Å². The van der Waals surface area contributed by atoms with Crippen molar-refractivity contribution in [3.8, 4) is 0 Å². The van der Waals surface area contributed by atoms with Gasteiger partial charge in [-0.15, -0.1) is 0 Å². The molecule has 0 bridgehead atoms. The standard InChI is InChI=1S/2C18H15P.HI.Pd.H/c2*1-4-10-16(11-5-1)19(17-12-6-2-7-13-17)18-14-8-3-9-15-18;;;/h2*1-15H;1H;;/q;;;+1;/p+1. The molecule has 0 heterocycles. The van der Waals surface area contributed by atoms with Crippen LogP contribution in [-0.4, -0.2) is 0 Å². The molecule has 0 fully saturated rings. The molecule has 0 saturated heterocycles. The van der Waals surface area contributed by atoms with Gasteiger partial charge in [0.2, 0.25) is 0 Å². The second-order valence-corrected chi connectivity index (χ2v) is 13.9. The van der Waals surface area contributed by atoms with Crippen molar-refractivity contribution in [2.75, 3.05) is 0 Å². The summed E-state index contributed by atoms with van der Waals surface area (Å²) in [6, 6.07) is 65.0. The molecule has 6 aromatic carbocycles. The predicted molar refractivity (Wildman–Crippen MR) is 189 cm³/mol. The van der Waals surface area contributed by atoms with Crippen LogP contribution in [0, 0.1) is 0 Å². The summed E-state index contributed by atoms with van der Waals surface area (Å²) >= 11 is 4.56. The quantitative estimate of drug-likeness (QED) is 0.0979. The summed E-state index contributed by atoms with van der Waals surface area (Å²) in [6.45, 7) is 0. The average Bonchev–Trinajstić information content (AvgIpc) is 3.06. The normalized spacial score (nSPS) is 10.2. The van der Waals surface area contributed by atoms with Gasteiger partial charge in [0.05, 0.1) is 15.8 Å². The summed E-state index contributed by atoms with van der Waals surface area (Å²) in [4.78, 5) is 0. The van der Waals surface area contributed by atoms with Crippen LogP contribution in [-0.2, 0) is 15.6 Å². The molecule has 0 aliphatic carbocycles. The number of hydrogen-bond donors (Lipinski definition) is 0. The van der Waals surface area contributed by atoms with Crippen LogP contribution in [0.15, 0.2) is 182 Å². The Morgan fingerprint density at radius 2 is 0.375 bits per heavy atom. The second kappa shape index (κ2) is 17.4. The van der Waals surface area contributed by atoms with Gasteiger partial charge in [0.15, 0.2) is 0 Å². The van der Waals surface area contributed by atoms with Gasteiger partial charge in [0.25, 0.3) is 0 Å². The summed E-state index contributed by atoms with van der Waals surface area (Å²) in [5.74, 6) is 0. The molecule has 202 valence electrons. The van der Waals surface area contributed by atoms with Crippen LogP contribution in [0.4, 0.5) is 0 Å². The monoisotopic (exact) mass is 760 g/mol. The van der Waals surface area contributed by atoms with Crippen molar-refractivity contribution in [1.82, 2.24) is 0 Å². The van der Waals surface area contributed by atoms with Crippen LogP contribution < -0.4 is 31.8 Å². The Hall–Kier alpha value is -2.43. The molecule has 0 spiro atoms. The van der Waals surface area contributed by atoms with E-state index in [9.17, 15) is 0 Å². The van der Waals surface area contributed by atoms with Crippen LogP contribution in [0.3, 0.4) is 0 Å². The zero-order valence-corrected chi connectivity index (χ0v) is 27.8. The van der Waals surface area contributed by atoms with Crippen molar-refractivity contribution >= 4 is 67.2 Å². The molecule has 0 aliphatic rings. The maximum Gasteiger partial charge on any atom is 0.102 e. The van der Waals surface area contributed by atoms with E-state index in [1.807, 2.05) is 19.5 Å². The Kier molecular flexibility index (Phi) is 13.3. The molecule has 0 amide bonds. The average molecular weight is 761 g/mol. The molecule has 0 saturated carbocycles. The van der Waals surface area contributed by atoms with E-state index < -0.39 is 15.8 Å². The molecule has 4 heteroatoms. The fraction of sp³-hybridized carbons (Fsp3) is 0. The van der Waals surface area contributed by atoms with Gasteiger partial charge in [0.1, 0.15) is 31.8 Å². The minimum absolute atomic E-state index is 0.877. The molecule has 0 N–H and O–H groups in total. The van der Waals surface area contributed by atoms with Crippen molar-refractivity contribution in [2.24, 2.45) is 0 Å². The Bertz CT molecular complexity index is 1180. The molecule has 40 heavy (non-hydrogen) atoms. The predicted octanol–water partition coefficient (Wildman–Crippen LogP) is 6.97. The molecule has 6 rings (SSSR count). The van der Waals surface area contributed by atoms with Crippen LogP contribution in [0.25, 0.3) is 0 Å². The molecule has 6 aromatic rings. The Labute approximate surface area is 262 Å². The maximum atomic E-state index is 2.52. The van der Waals surface area contributed by atoms with Crippen LogP contribution in [0.5, 0.6) is 0 Å². The van der Waals surface area contributed by atoms with Crippen LogP contribution in [0.1, 0.15) is 0 Å². The first kappa shape index (κ1) is 30.5. The van der Waals surface area contributed by atoms with E-state index >= 15 is 0 Å². The molecule has 0 atom stereocenters. The zero-order valence-electron chi connectivity index (χ0n) is 22.0. The Balaban J connectivity index is 0.000000174. The van der Waals surface area contributed by atoms with Gasteiger partial charge in [-0.05, 0) is 72.8 Å². The summed E-state index contributed by atoms with van der Waals surface area (Å²) in [6.07, 6.45) is 0. The van der Waals surface area contributed by atoms with Gasteiger partial charge in [-0.2, -0.15) is 0 Å². The first-order valence-electron chi connectivity index (χ1n) is 13.1. The first-order valence-corrected chi connectivity index (χ1v) is 21.0. The van der Waals surface area contributed by atoms with Crippen LogP contribution in [0.2, 0.25) is 0 Å². The van der Waals surface area contributed by atoms with E-state index in [-0.39, 0.29) is 0 Å². The van der Waals surface area contributed by atoms with E-state index in [0.717, 1.165) is 0 Å². The minimum Gasteiger partial charge on any atom is -0.0620 e. The van der Waals surface area contributed by atoms with Gasteiger partial charge < -0.3 is 0 Å². The fourth-order valence-electron chi connectivity index (χ4n) is 4.63. The maximum absolute atomic E-state index is 2.52. The zero-order chi connectivity index (χ0) is 27.8. The third kappa shape index (κ3) is 8.78. The Morgan fingerprint density at radius 1 is 0.250 bits per heavy atom. The summed E-state index contributed by atoms with van der Waals surface area (Å²) in [5.41, 5.74) is 0. The van der Waals surface area contributed by atoms with Gasteiger partial charge in [0, 0.05) is 0 Å². The largest absolute Gasteiger partial charge is 0.102 e. The second-order valence-electron chi connectivity index (χ2n) is 8.95. The Morgan fingerprint density at radius 3 is 0.500 bits per heavy atom. The molecule has 0 aromatic heterocycles.